The minimum Gasteiger partial charge on any atom is -0.352 e. The molecule has 0 saturated heterocycles. The van der Waals surface area contributed by atoms with Crippen LogP contribution in [-0.4, -0.2) is 9.97 Å². The van der Waals surface area contributed by atoms with Gasteiger partial charge in [-0.15, -0.1) is 0 Å². The number of nitrogens with one attached hydrogen (secondary N) is 1. The summed E-state index contributed by atoms with van der Waals surface area (Å²) in [5.74, 6) is 0. The molecule has 1 N–H and O–H groups in total. The predicted octanol–water partition coefficient (Wildman–Crippen LogP) is 2.50. The van der Waals surface area contributed by atoms with Crippen LogP contribution >= 0.6 is 0 Å². The molecule has 0 spiro atoms. The molecule has 0 radical (unpaired) electrons. The SMILES string of the molecule is FC(F)c1cc2ncccc2[nH]1. The van der Waals surface area contributed by atoms with E-state index in [0.29, 0.717) is 11.0 Å². The number of aromatic nitrogens is 2. The maximum absolute atomic E-state index is 12.1. The van der Waals surface area contributed by atoms with Crippen LogP contribution in [0.2, 0.25) is 0 Å². The predicted molar refractivity (Wildman–Crippen MR) is 41.1 cm³/mol. The maximum atomic E-state index is 12.1. The molecule has 2 aromatic heterocycles. The Balaban J connectivity index is 2.62. The molecule has 2 rings (SSSR count). The summed E-state index contributed by atoms with van der Waals surface area (Å²) in [6.07, 6.45) is -0.884. The van der Waals surface area contributed by atoms with Crippen LogP contribution in [0.5, 0.6) is 0 Å². The Kier molecular flexibility index (Phi) is 1.53. The molecule has 0 atom stereocenters. The highest BCUT2D eigenvalue weighted by Gasteiger charge is 2.09. The summed E-state index contributed by atoms with van der Waals surface area (Å²) in [7, 11) is 0. The first-order chi connectivity index (χ1) is 5.77. The van der Waals surface area contributed by atoms with Crippen LogP contribution in [0, 0.1) is 0 Å². The fourth-order valence-electron chi connectivity index (χ4n) is 1.09. The molecule has 0 saturated carbocycles. The zero-order valence-electron chi connectivity index (χ0n) is 6.09. The van der Waals surface area contributed by atoms with E-state index in [1.54, 1.807) is 18.3 Å². The number of hydrogen-bond acceptors (Lipinski definition) is 1. The highest BCUT2D eigenvalue weighted by molar-refractivity contribution is 5.75. The number of rotatable bonds is 1. The molecular formula is C8H6F2N2. The van der Waals surface area contributed by atoms with Gasteiger partial charge in [0.25, 0.3) is 6.43 Å². The van der Waals surface area contributed by atoms with E-state index in [1.165, 1.54) is 6.07 Å². The van der Waals surface area contributed by atoms with Crippen molar-refractivity contribution in [2.45, 2.75) is 6.43 Å². The van der Waals surface area contributed by atoms with Crippen molar-refractivity contribution in [3.8, 4) is 0 Å². The Morgan fingerprint density at radius 1 is 1.42 bits per heavy atom. The number of halogens is 2. The van der Waals surface area contributed by atoms with Crippen LogP contribution in [0.25, 0.3) is 11.0 Å². The quantitative estimate of drug-likeness (QED) is 0.696. The lowest BCUT2D eigenvalue weighted by Crippen LogP contribution is -1.80. The number of nitrogens with zero attached hydrogens (tertiary/aromatic N) is 1. The number of pyridine rings is 1. The van der Waals surface area contributed by atoms with Gasteiger partial charge in [-0.05, 0) is 18.2 Å². The van der Waals surface area contributed by atoms with Gasteiger partial charge in [-0.25, -0.2) is 8.78 Å². The number of H-pyrrole nitrogens is 1. The summed E-state index contributed by atoms with van der Waals surface area (Å²) in [6.45, 7) is 0. The van der Waals surface area contributed by atoms with E-state index in [-0.39, 0.29) is 5.69 Å². The Morgan fingerprint density at radius 2 is 2.25 bits per heavy atom. The van der Waals surface area contributed by atoms with Gasteiger partial charge in [-0.2, -0.15) is 0 Å². The fraction of sp³-hybridized carbons (Fsp3) is 0.125. The first-order valence-electron chi connectivity index (χ1n) is 3.49. The first-order valence-corrected chi connectivity index (χ1v) is 3.49. The third kappa shape index (κ3) is 1.05. The molecular weight excluding hydrogens is 162 g/mol. The lowest BCUT2D eigenvalue weighted by molar-refractivity contribution is 0.147. The molecule has 0 amide bonds. The molecule has 0 bridgehead atoms. The van der Waals surface area contributed by atoms with E-state index in [4.69, 9.17) is 0 Å². The molecule has 2 heterocycles. The van der Waals surface area contributed by atoms with E-state index in [1.807, 2.05) is 0 Å². The van der Waals surface area contributed by atoms with E-state index >= 15 is 0 Å². The molecule has 0 unspecified atom stereocenters. The van der Waals surface area contributed by atoms with Gasteiger partial charge in [0.1, 0.15) is 0 Å². The van der Waals surface area contributed by atoms with Crippen molar-refractivity contribution >= 4 is 11.0 Å². The number of hydrogen-bond donors (Lipinski definition) is 1. The van der Waals surface area contributed by atoms with Gasteiger partial charge < -0.3 is 4.98 Å². The average molecular weight is 168 g/mol. The third-order valence-electron chi connectivity index (χ3n) is 1.64. The smallest absolute Gasteiger partial charge is 0.278 e. The lowest BCUT2D eigenvalue weighted by Gasteiger charge is -1.89. The normalized spacial score (nSPS) is 11.2. The molecule has 62 valence electrons. The summed E-state index contributed by atoms with van der Waals surface area (Å²) in [4.78, 5) is 6.50. The van der Waals surface area contributed by atoms with Gasteiger partial charge in [-0.3, -0.25) is 4.98 Å². The minimum absolute atomic E-state index is 0.0799. The van der Waals surface area contributed by atoms with Gasteiger partial charge in [0.2, 0.25) is 0 Å². The second-order valence-corrected chi connectivity index (χ2v) is 2.46. The summed E-state index contributed by atoms with van der Waals surface area (Å²) in [6, 6.07) is 4.78. The second kappa shape index (κ2) is 2.55. The zero-order valence-corrected chi connectivity index (χ0v) is 6.09. The topological polar surface area (TPSA) is 28.7 Å². The summed E-state index contributed by atoms with van der Waals surface area (Å²) >= 11 is 0. The van der Waals surface area contributed by atoms with E-state index in [0.717, 1.165) is 0 Å². The zero-order chi connectivity index (χ0) is 8.55. The molecule has 4 heteroatoms. The van der Waals surface area contributed by atoms with Crippen molar-refractivity contribution in [1.29, 1.82) is 0 Å². The summed E-state index contributed by atoms with van der Waals surface area (Å²) in [5, 5.41) is 0. The lowest BCUT2D eigenvalue weighted by atomic mass is 10.4. The third-order valence-corrected chi connectivity index (χ3v) is 1.64. The van der Waals surface area contributed by atoms with Crippen molar-refractivity contribution < 1.29 is 8.78 Å². The Labute approximate surface area is 67.2 Å². The molecule has 0 fully saturated rings. The van der Waals surface area contributed by atoms with Crippen LogP contribution in [0.15, 0.2) is 24.4 Å². The summed E-state index contributed by atoms with van der Waals surface area (Å²) in [5.41, 5.74) is 1.14. The average Bonchev–Trinajstić information content (AvgIpc) is 2.46. The number of fused-ring (bicyclic) bond motifs is 1. The molecule has 2 aromatic rings. The molecule has 0 aliphatic heterocycles. The largest absolute Gasteiger partial charge is 0.352 e. The number of aromatic amines is 1. The number of alkyl halides is 2. The van der Waals surface area contributed by atoms with Crippen LogP contribution in [0.3, 0.4) is 0 Å². The minimum atomic E-state index is -2.46. The van der Waals surface area contributed by atoms with Crippen molar-refractivity contribution in [3.63, 3.8) is 0 Å². The standard InChI is InChI=1S/C8H6F2N2/c9-8(10)7-4-6-5(12-7)2-1-3-11-6/h1-4,8,12H. The van der Waals surface area contributed by atoms with Crippen LogP contribution in [-0.2, 0) is 0 Å². The van der Waals surface area contributed by atoms with Crippen LogP contribution in [0.1, 0.15) is 12.1 Å². The molecule has 2 nitrogen and oxygen atoms in total. The van der Waals surface area contributed by atoms with Crippen molar-refractivity contribution in [2.24, 2.45) is 0 Å². The highest BCUT2D eigenvalue weighted by atomic mass is 19.3. The first kappa shape index (κ1) is 7.21. The maximum Gasteiger partial charge on any atom is 0.278 e. The van der Waals surface area contributed by atoms with Crippen LogP contribution in [0.4, 0.5) is 8.78 Å². The molecule has 0 aliphatic rings. The van der Waals surface area contributed by atoms with Crippen molar-refractivity contribution in [1.82, 2.24) is 9.97 Å². The Morgan fingerprint density at radius 3 is 2.92 bits per heavy atom. The summed E-state index contributed by atoms with van der Waals surface area (Å²) < 4.78 is 24.3. The molecule has 0 aliphatic carbocycles. The Bertz CT molecular complexity index is 362. The fourth-order valence-corrected chi connectivity index (χ4v) is 1.09. The monoisotopic (exact) mass is 168 g/mol. The van der Waals surface area contributed by atoms with E-state index < -0.39 is 6.43 Å². The Hall–Kier alpha value is -1.45. The van der Waals surface area contributed by atoms with E-state index in [2.05, 4.69) is 9.97 Å². The van der Waals surface area contributed by atoms with Gasteiger partial charge in [0, 0.05) is 6.20 Å². The van der Waals surface area contributed by atoms with Gasteiger partial charge in [0.15, 0.2) is 0 Å². The van der Waals surface area contributed by atoms with Gasteiger partial charge in [-0.1, -0.05) is 0 Å². The molecule has 0 aromatic carbocycles. The van der Waals surface area contributed by atoms with Crippen molar-refractivity contribution in [2.75, 3.05) is 0 Å². The van der Waals surface area contributed by atoms with Gasteiger partial charge in [0.05, 0.1) is 16.7 Å². The van der Waals surface area contributed by atoms with E-state index in [9.17, 15) is 8.78 Å². The molecule has 12 heavy (non-hydrogen) atoms. The van der Waals surface area contributed by atoms with Gasteiger partial charge >= 0.3 is 0 Å². The van der Waals surface area contributed by atoms with Crippen LogP contribution < -0.4 is 0 Å². The van der Waals surface area contributed by atoms with Crippen molar-refractivity contribution in [3.05, 3.63) is 30.1 Å². The second-order valence-electron chi connectivity index (χ2n) is 2.46. The highest BCUT2D eigenvalue weighted by Crippen LogP contribution is 2.21.